The molecule has 2 N–H and O–H groups in total. The molecule has 1 saturated heterocycles. The number of hydrogen-bond donors (Lipinski definition) is 1. The molecular formula is C11H21ClN2O2. The van der Waals surface area contributed by atoms with Crippen molar-refractivity contribution in [2.24, 2.45) is 11.7 Å². The Morgan fingerprint density at radius 1 is 1.44 bits per heavy atom. The molecule has 5 heteroatoms. The molecule has 0 bridgehead atoms. The molecule has 4 nitrogen and oxygen atoms in total. The molecule has 1 amide bonds. The Morgan fingerprint density at radius 2 is 2.06 bits per heavy atom. The van der Waals surface area contributed by atoms with Gasteiger partial charge in [-0.2, -0.15) is 0 Å². The Labute approximate surface area is 103 Å². The second-order valence-electron chi connectivity index (χ2n) is 5.59. The fourth-order valence-corrected chi connectivity index (χ4v) is 2.23. The number of carbonyl (C=O) groups is 1. The first-order chi connectivity index (χ1) is 6.88. The quantitative estimate of drug-likeness (QED) is 0.711. The number of amides is 1. The van der Waals surface area contributed by atoms with Gasteiger partial charge in [-0.25, -0.2) is 4.79 Å². The van der Waals surface area contributed by atoms with E-state index < -0.39 is 5.60 Å². The molecule has 2 aliphatic rings. The van der Waals surface area contributed by atoms with E-state index in [1.54, 1.807) is 0 Å². The smallest absolute Gasteiger partial charge is 0.410 e. The second kappa shape index (κ2) is 4.41. The zero-order valence-electron chi connectivity index (χ0n) is 10.1. The molecule has 2 rings (SSSR count). The van der Waals surface area contributed by atoms with Crippen molar-refractivity contribution < 1.29 is 9.53 Å². The van der Waals surface area contributed by atoms with Crippen molar-refractivity contribution in [2.75, 3.05) is 6.54 Å². The van der Waals surface area contributed by atoms with Crippen LogP contribution in [-0.2, 0) is 4.74 Å². The molecule has 3 atom stereocenters. The van der Waals surface area contributed by atoms with Crippen LogP contribution in [0.15, 0.2) is 0 Å². The van der Waals surface area contributed by atoms with Gasteiger partial charge in [0.1, 0.15) is 5.60 Å². The molecule has 0 spiro atoms. The van der Waals surface area contributed by atoms with Crippen molar-refractivity contribution in [3.8, 4) is 0 Å². The van der Waals surface area contributed by atoms with E-state index in [0.717, 1.165) is 19.4 Å². The van der Waals surface area contributed by atoms with Crippen molar-refractivity contribution in [3.05, 3.63) is 0 Å². The van der Waals surface area contributed by atoms with E-state index >= 15 is 0 Å². The number of fused-ring (bicyclic) bond motifs is 1. The standard InChI is InChI=1S/C11H20N2O2.ClH/c1-11(2,3)15-10(14)13-5-4-8(12)7-6-9(7)13;/h7-9H,4-6,12H2,1-3H3;1H. The minimum Gasteiger partial charge on any atom is -0.444 e. The number of nitrogens with two attached hydrogens (primary N) is 1. The van der Waals surface area contributed by atoms with E-state index in [0.29, 0.717) is 12.0 Å². The summed E-state index contributed by atoms with van der Waals surface area (Å²) in [6.07, 6.45) is 1.78. The van der Waals surface area contributed by atoms with Gasteiger partial charge in [0.2, 0.25) is 0 Å². The van der Waals surface area contributed by atoms with Crippen LogP contribution in [0, 0.1) is 5.92 Å². The number of ether oxygens (including phenoxy) is 1. The Hall–Kier alpha value is -0.480. The van der Waals surface area contributed by atoms with Gasteiger partial charge in [-0.1, -0.05) is 0 Å². The van der Waals surface area contributed by atoms with Crippen LogP contribution in [0.25, 0.3) is 0 Å². The van der Waals surface area contributed by atoms with Gasteiger partial charge in [-0.15, -0.1) is 12.4 Å². The monoisotopic (exact) mass is 248 g/mol. The van der Waals surface area contributed by atoms with Crippen molar-refractivity contribution in [1.29, 1.82) is 0 Å². The van der Waals surface area contributed by atoms with Crippen LogP contribution in [0.2, 0.25) is 0 Å². The number of halogens is 1. The molecule has 1 saturated carbocycles. The fourth-order valence-electron chi connectivity index (χ4n) is 2.23. The predicted octanol–water partition coefficient (Wildman–Crippen LogP) is 1.76. The number of piperidine rings is 1. The number of nitrogens with zero attached hydrogens (tertiary/aromatic N) is 1. The van der Waals surface area contributed by atoms with E-state index in [-0.39, 0.29) is 24.5 Å². The van der Waals surface area contributed by atoms with Crippen LogP contribution in [0.5, 0.6) is 0 Å². The number of hydrogen-bond acceptors (Lipinski definition) is 3. The summed E-state index contributed by atoms with van der Waals surface area (Å²) < 4.78 is 5.36. The van der Waals surface area contributed by atoms with Gasteiger partial charge in [0.05, 0.1) is 0 Å². The Bertz CT molecular complexity index is 278. The summed E-state index contributed by atoms with van der Waals surface area (Å²) in [5, 5.41) is 0. The van der Waals surface area contributed by atoms with Crippen LogP contribution < -0.4 is 5.73 Å². The third kappa shape index (κ3) is 2.80. The lowest BCUT2D eigenvalue weighted by atomic mass is 10.1. The number of carbonyl (C=O) groups excluding carboxylic acids is 1. The summed E-state index contributed by atoms with van der Waals surface area (Å²) >= 11 is 0. The molecule has 1 aliphatic heterocycles. The molecule has 94 valence electrons. The minimum atomic E-state index is -0.402. The molecule has 1 aliphatic carbocycles. The Kier molecular flexibility index (Phi) is 3.75. The highest BCUT2D eigenvalue weighted by Gasteiger charge is 2.51. The average Bonchev–Trinajstić information content (AvgIpc) is 2.80. The molecule has 0 aromatic heterocycles. The van der Waals surface area contributed by atoms with E-state index in [2.05, 4.69) is 0 Å². The van der Waals surface area contributed by atoms with Crippen LogP contribution >= 0.6 is 12.4 Å². The second-order valence-corrected chi connectivity index (χ2v) is 5.59. The van der Waals surface area contributed by atoms with Crippen LogP contribution in [0.4, 0.5) is 4.79 Å². The summed E-state index contributed by atoms with van der Waals surface area (Å²) in [4.78, 5) is 13.7. The Morgan fingerprint density at radius 3 is 2.62 bits per heavy atom. The summed E-state index contributed by atoms with van der Waals surface area (Å²) in [5.41, 5.74) is 5.53. The SMILES string of the molecule is CC(C)(C)OC(=O)N1CCC(N)C2CC21.Cl. The largest absolute Gasteiger partial charge is 0.444 e. The van der Waals surface area contributed by atoms with Gasteiger partial charge in [-0.05, 0) is 39.5 Å². The van der Waals surface area contributed by atoms with E-state index in [1.165, 1.54) is 0 Å². The zero-order chi connectivity index (χ0) is 11.2. The van der Waals surface area contributed by atoms with Crippen LogP contribution in [0.1, 0.15) is 33.6 Å². The molecular weight excluding hydrogens is 228 g/mol. The van der Waals surface area contributed by atoms with Gasteiger partial charge >= 0.3 is 6.09 Å². The highest BCUT2D eigenvalue weighted by molar-refractivity contribution is 5.85. The predicted molar refractivity (Wildman–Crippen MR) is 64.7 cm³/mol. The van der Waals surface area contributed by atoms with Gasteiger partial charge in [0, 0.05) is 18.6 Å². The molecule has 0 radical (unpaired) electrons. The molecule has 2 fully saturated rings. The Balaban J connectivity index is 0.00000128. The normalized spacial score (nSPS) is 32.5. The van der Waals surface area contributed by atoms with Crippen LogP contribution in [-0.4, -0.2) is 35.2 Å². The number of likely N-dealkylation sites (tertiary alicyclic amines) is 1. The first kappa shape index (κ1) is 13.6. The maximum Gasteiger partial charge on any atom is 0.410 e. The summed E-state index contributed by atoms with van der Waals surface area (Å²) in [7, 11) is 0. The van der Waals surface area contributed by atoms with E-state index in [9.17, 15) is 4.79 Å². The molecule has 0 aromatic rings. The minimum absolute atomic E-state index is 0. The highest BCUT2D eigenvalue weighted by atomic mass is 35.5. The van der Waals surface area contributed by atoms with Gasteiger partial charge in [0.15, 0.2) is 0 Å². The van der Waals surface area contributed by atoms with Gasteiger partial charge in [0.25, 0.3) is 0 Å². The highest BCUT2D eigenvalue weighted by Crippen LogP contribution is 2.42. The third-order valence-corrected chi connectivity index (χ3v) is 3.09. The van der Waals surface area contributed by atoms with Crippen LogP contribution in [0.3, 0.4) is 0 Å². The van der Waals surface area contributed by atoms with Gasteiger partial charge in [-0.3, -0.25) is 0 Å². The van der Waals surface area contributed by atoms with Gasteiger partial charge < -0.3 is 15.4 Å². The molecule has 16 heavy (non-hydrogen) atoms. The average molecular weight is 249 g/mol. The van der Waals surface area contributed by atoms with E-state index in [1.807, 2.05) is 25.7 Å². The summed E-state index contributed by atoms with van der Waals surface area (Å²) in [6.45, 7) is 6.43. The molecule has 3 unspecified atom stereocenters. The fraction of sp³-hybridized carbons (Fsp3) is 0.909. The maximum absolute atomic E-state index is 11.8. The molecule has 1 heterocycles. The number of rotatable bonds is 0. The van der Waals surface area contributed by atoms with Crippen molar-refractivity contribution in [1.82, 2.24) is 4.90 Å². The zero-order valence-corrected chi connectivity index (χ0v) is 10.9. The van der Waals surface area contributed by atoms with E-state index in [4.69, 9.17) is 10.5 Å². The van der Waals surface area contributed by atoms with Crippen molar-refractivity contribution in [2.45, 2.75) is 51.3 Å². The molecule has 0 aromatic carbocycles. The van der Waals surface area contributed by atoms with Crippen molar-refractivity contribution >= 4 is 18.5 Å². The summed E-state index contributed by atoms with van der Waals surface area (Å²) in [5.74, 6) is 0.520. The maximum atomic E-state index is 11.8. The lowest BCUT2D eigenvalue weighted by Crippen LogP contribution is -2.46. The van der Waals surface area contributed by atoms with Crippen molar-refractivity contribution in [3.63, 3.8) is 0 Å². The topological polar surface area (TPSA) is 55.6 Å². The first-order valence-corrected chi connectivity index (χ1v) is 5.64. The lowest BCUT2D eigenvalue weighted by Gasteiger charge is -2.31. The first-order valence-electron chi connectivity index (χ1n) is 5.64. The summed E-state index contributed by atoms with van der Waals surface area (Å²) in [6, 6.07) is 0.636. The lowest BCUT2D eigenvalue weighted by molar-refractivity contribution is 0.0185. The third-order valence-electron chi connectivity index (χ3n) is 3.09.